The maximum atomic E-state index is 10.9. The van der Waals surface area contributed by atoms with Crippen LogP contribution < -0.4 is 5.32 Å². The van der Waals surface area contributed by atoms with Crippen LogP contribution in [0.4, 0.5) is 0 Å². The summed E-state index contributed by atoms with van der Waals surface area (Å²) in [5, 5.41) is 18.3. The lowest BCUT2D eigenvalue weighted by Gasteiger charge is -2.31. The second kappa shape index (κ2) is 6.34. The average Bonchev–Trinajstić information content (AvgIpc) is 2.90. The Balaban J connectivity index is 1.68. The predicted molar refractivity (Wildman–Crippen MR) is 79.6 cm³/mol. The molecule has 1 aliphatic rings. The van der Waals surface area contributed by atoms with Crippen molar-refractivity contribution in [2.75, 3.05) is 26.2 Å². The van der Waals surface area contributed by atoms with Crippen LogP contribution in [0.2, 0.25) is 0 Å². The van der Waals surface area contributed by atoms with E-state index in [4.69, 9.17) is 0 Å². The largest absolute Gasteiger partial charge is 0.385 e. The van der Waals surface area contributed by atoms with Gasteiger partial charge in [-0.2, -0.15) is 5.10 Å². The Kier molecular flexibility index (Phi) is 4.28. The molecule has 1 aliphatic heterocycles. The van der Waals surface area contributed by atoms with E-state index in [0.29, 0.717) is 19.6 Å². The third-order valence-corrected chi connectivity index (χ3v) is 3.75. The molecule has 3 rings (SSSR count). The van der Waals surface area contributed by atoms with Gasteiger partial charge in [-0.1, -0.05) is 30.3 Å². The number of hydrogen-bond acceptors (Lipinski definition) is 5. The highest BCUT2D eigenvalue weighted by Gasteiger charge is 2.32. The maximum Gasteiger partial charge on any atom is 0.137 e. The molecule has 0 saturated carbocycles. The molecule has 1 aromatic heterocycles. The lowest BCUT2D eigenvalue weighted by molar-refractivity contribution is -0.00267. The molecule has 1 unspecified atom stereocenters. The van der Waals surface area contributed by atoms with Gasteiger partial charge in [0.25, 0.3) is 0 Å². The molecule has 6 heteroatoms. The summed E-state index contributed by atoms with van der Waals surface area (Å²) in [6, 6.07) is 10.4. The summed E-state index contributed by atoms with van der Waals surface area (Å²) in [4.78, 5) is 6.22. The standard InChI is InChI=1S/C15H21N5O/c21-15(11-20-13-17-12-18-20)9-16-6-7-19(10-15)8-14-4-2-1-3-5-14/h1-5,12-13,16,21H,6-11H2. The van der Waals surface area contributed by atoms with Gasteiger partial charge in [0.1, 0.15) is 18.3 Å². The Morgan fingerprint density at radius 3 is 2.90 bits per heavy atom. The third-order valence-electron chi connectivity index (χ3n) is 3.75. The van der Waals surface area contributed by atoms with Gasteiger partial charge >= 0.3 is 0 Å². The predicted octanol–water partition coefficient (Wildman–Crippen LogP) is 0.115. The van der Waals surface area contributed by atoms with Gasteiger partial charge in [-0.15, -0.1) is 0 Å². The molecular formula is C15H21N5O. The second-order valence-corrected chi connectivity index (χ2v) is 5.69. The zero-order valence-electron chi connectivity index (χ0n) is 12.0. The van der Waals surface area contributed by atoms with Crippen LogP contribution in [0.5, 0.6) is 0 Å². The Hall–Kier alpha value is -1.76. The van der Waals surface area contributed by atoms with Crippen molar-refractivity contribution in [1.82, 2.24) is 25.0 Å². The summed E-state index contributed by atoms with van der Waals surface area (Å²) >= 11 is 0. The van der Waals surface area contributed by atoms with Crippen molar-refractivity contribution in [2.24, 2.45) is 0 Å². The van der Waals surface area contributed by atoms with Gasteiger partial charge in [0.15, 0.2) is 0 Å². The van der Waals surface area contributed by atoms with E-state index < -0.39 is 5.60 Å². The Morgan fingerprint density at radius 1 is 1.29 bits per heavy atom. The second-order valence-electron chi connectivity index (χ2n) is 5.69. The number of benzene rings is 1. The van der Waals surface area contributed by atoms with Gasteiger partial charge in [0, 0.05) is 32.7 Å². The summed E-state index contributed by atoms with van der Waals surface area (Å²) in [5.41, 5.74) is 0.432. The van der Waals surface area contributed by atoms with Gasteiger partial charge in [0.05, 0.1) is 6.54 Å². The van der Waals surface area contributed by atoms with E-state index >= 15 is 0 Å². The number of β-amino-alcohol motifs (C(OH)–C–C–N with tert-alkyl or cyclic N) is 1. The molecule has 0 aliphatic carbocycles. The van der Waals surface area contributed by atoms with Gasteiger partial charge in [-0.05, 0) is 5.56 Å². The van der Waals surface area contributed by atoms with E-state index in [9.17, 15) is 5.11 Å². The monoisotopic (exact) mass is 287 g/mol. The number of nitrogens with zero attached hydrogens (tertiary/aromatic N) is 4. The van der Waals surface area contributed by atoms with Crippen LogP contribution in [-0.4, -0.2) is 56.6 Å². The fourth-order valence-corrected chi connectivity index (χ4v) is 2.81. The molecule has 112 valence electrons. The maximum absolute atomic E-state index is 10.9. The lowest BCUT2D eigenvalue weighted by Crippen LogP contribution is -2.49. The fourth-order valence-electron chi connectivity index (χ4n) is 2.81. The van der Waals surface area contributed by atoms with Crippen molar-refractivity contribution >= 4 is 0 Å². The van der Waals surface area contributed by atoms with Gasteiger partial charge in [0.2, 0.25) is 0 Å². The molecule has 0 amide bonds. The van der Waals surface area contributed by atoms with Crippen molar-refractivity contribution < 1.29 is 5.11 Å². The number of aromatic nitrogens is 3. The first kappa shape index (κ1) is 14.2. The Labute approximate surface area is 124 Å². The van der Waals surface area contributed by atoms with Crippen LogP contribution in [0.25, 0.3) is 0 Å². The molecule has 21 heavy (non-hydrogen) atoms. The third kappa shape index (κ3) is 3.87. The smallest absolute Gasteiger partial charge is 0.137 e. The summed E-state index contributed by atoms with van der Waals surface area (Å²) in [7, 11) is 0. The zero-order chi connectivity index (χ0) is 14.5. The highest BCUT2D eigenvalue weighted by atomic mass is 16.3. The number of rotatable bonds is 4. The van der Waals surface area contributed by atoms with Crippen molar-refractivity contribution in [3.8, 4) is 0 Å². The van der Waals surface area contributed by atoms with Crippen LogP contribution in [0.3, 0.4) is 0 Å². The van der Waals surface area contributed by atoms with Crippen LogP contribution in [-0.2, 0) is 13.1 Å². The minimum Gasteiger partial charge on any atom is -0.385 e. The fraction of sp³-hybridized carbons (Fsp3) is 0.467. The molecule has 1 aromatic carbocycles. The highest BCUT2D eigenvalue weighted by molar-refractivity contribution is 5.14. The van der Waals surface area contributed by atoms with E-state index in [1.165, 1.54) is 11.9 Å². The summed E-state index contributed by atoms with van der Waals surface area (Å²) < 4.78 is 1.69. The normalized spacial score (nSPS) is 23.9. The first-order valence-electron chi connectivity index (χ1n) is 7.25. The molecule has 0 bridgehead atoms. The van der Waals surface area contributed by atoms with E-state index in [1.54, 1.807) is 11.0 Å². The Morgan fingerprint density at radius 2 is 2.14 bits per heavy atom. The molecule has 1 saturated heterocycles. The highest BCUT2D eigenvalue weighted by Crippen LogP contribution is 2.14. The number of hydrogen-bond donors (Lipinski definition) is 2. The van der Waals surface area contributed by atoms with E-state index in [-0.39, 0.29) is 0 Å². The van der Waals surface area contributed by atoms with Crippen molar-refractivity contribution in [2.45, 2.75) is 18.7 Å². The van der Waals surface area contributed by atoms with Crippen LogP contribution >= 0.6 is 0 Å². The van der Waals surface area contributed by atoms with Gasteiger partial charge in [-0.25, -0.2) is 9.67 Å². The first-order valence-corrected chi connectivity index (χ1v) is 7.25. The van der Waals surface area contributed by atoms with E-state index in [2.05, 4.69) is 32.4 Å². The first-order chi connectivity index (χ1) is 10.2. The zero-order valence-corrected chi connectivity index (χ0v) is 12.0. The molecule has 0 radical (unpaired) electrons. The molecular weight excluding hydrogens is 266 g/mol. The Bertz CT molecular complexity index is 544. The van der Waals surface area contributed by atoms with Gasteiger partial charge in [-0.3, -0.25) is 4.90 Å². The number of nitrogens with one attached hydrogen (secondary N) is 1. The number of aliphatic hydroxyl groups is 1. The molecule has 2 aromatic rings. The quantitative estimate of drug-likeness (QED) is 0.836. The van der Waals surface area contributed by atoms with Crippen LogP contribution in [0.15, 0.2) is 43.0 Å². The molecule has 1 fully saturated rings. The lowest BCUT2D eigenvalue weighted by atomic mass is 10.0. The molecule has 2 N–H and O–H groups in total. The van der Waals surface area contributed by atoms with Crippen molar-refractivity contribution in [1.29, 1.82) is 0 Å². The van der Waals surface area contributed by atoms with Crippen LogP contribution in [0, 0.1) is 0 Å². The average molecular weight is 287 g/mol. The van der Waals surface area contributed by atoms with Crippen molar-refractivity contribution in [3.05, 3.63) is 48.5 Å². The molecule has 6 nitrogen and oxygen atoms in total. The summed E-state index contributed by atoms with van der Waals surface area (Å²) in [5.74, 6) is 0. The minimum atomic E-state index is -0.834. The molecule has 0 spiro atoms. The topological polar surface area (TPSA) is 66.2 Å². The summed E-state index contributed by atoms with van der Waals surface area (Å²) in [6.45, 7) is 4.29. The molecule has 2 heterocycles. The van der Waals surface area contributed by atoms with Crippen molar-refractivity contribution in [3.63, 3.8) is 0 Å². The van der Waals surface area contributed by atoms with Gasteiger partial charge < -0.3 is 10.4 Å². The van der Waals surface area contributed by atoms with E-state index in [0.717, 1.165) is 19.6 Å². The minimum absolute atomic E-state index is 0.450. The molecule has 1 atom stereocenters. The van der Waals surface area contributed by atoms with E-state index in [1.807, 2.05) is 18.2 Å². The van der Waals surface area contributed by atoms with Crippen LogP contribution in [0.1, 0.15) is 5.56 Å². The SMILES string of the molecule is OC1(Cn2cncn2)CNCCN(Cc2ccccc2)C1. The summed E-state index contributed by atoms with van der Waals surface area (Å²) in [6.07, 6.45) is 3.14.